The third kappa shape index (κ3) is 3.29. The Bertz CT molecular complexity index is 912. The molecule has 2 aliphatic rings. The zero-order valence-corrected chi connectivity index (χ0v) is 15.8. The van der Waals surface area contributed by atoms with E-state index in [0.29, 0.717) is 25.3 Å². The van der Waals surface area contributed by atoms with Crippen molar-refractivity contribution in [2.24, 2.45) is 5.16 Å². The van der Waals surface area contributed by atoms with Gasteiger partial charge in [-0.25, -0.2) is 4.39 Å². The Balaban J connectivity index is 1.74. The van der Waals surface area contributed by atoms with Crippen LogP contribution >= 0.6 is 0 Å². The van der Waals surface area contributed by atoms with Crippen LogP contribution in [0.2, 0.25) is 0 Å². The second-order valence-electron chi connectivity index (χ2n) is 7.57. The lowest BCUT2D eigenvalue weighted by atomic mass is 9.85. The fourth-order valence-electron chi connectivity index (χ4n) is 4.24. The second-order valence-corrected chi connectivity index (χ2v) is 7.57. The highest BCUT2D eigenvalue weighted by molar-refractivity contribution is 5.95. The summed E-state index contributed by atoms with van der Waals surface area (Å²) in [7, 11) is 0. The topological polar surface area (TPSA) is 62.1 Å². The summed E-state index contributed by atoms with van der Waals surface area (Å²) in [5.74, 6) is -0.450. The highest BCUT2D eigenvalue weighted by Gasteiger charge is 2.45. The Morgan fingerprint density at radius 3 is 2.71 bits per heavy atom. The molecule has 1 fully saturated rings. The largest absolute Gasteiger partial charge is 0.411 e. The summed E-state index contributed by atoms with van der Waals surface area (Å²) < 4.78 is 19.4. The average molecular weight is 382 g/mol. The van der Waals surface area contributed by atoms with Gasteiger partial charge < -0.3 is 14.8 Å². The predicted octanol–water partition coefficient (Wildman–Crippen LogP) is 3.70. The molecule has 1 amide bonds. The van der Waals surface area contributed by atoms with Gasteiger partial charge in [-0.05, 0) is 42.2 Å². The first kappa shape index (κ1) is 18.6. The minimum atomic E-state index is -1.08. The van der Waals surface area contributed by atoms with Gasteiger partial charge in [0.25, 0.3) is 5.91 Å². The molecular weight excluding hydrogens is 359 g/mol. The standard InChI is InChI=1S/C22H23FN2O3/c1-22(14-18(24-27)11-13-28-22)21(26)25-12-10-15-4-2-3-5-19(15)20(25)16-6-8-17(23)9-7-16/h2-9,20,27H,10-14H2,1H3/t20-,22+/m0/s1. The number of halogens is 1. The van der Waals surface area contributed by atoms with Crippen molar-refractivity contribution >= 4 is 11.6 Å². The quantitative estimate of drug-likeness (QED) is 0.636. The molecule has 0 aliphatic carbocycles. The summed E-state index contributed by atoms with van der Waals surface area (Å²) >= 11 is 0. The monoisotopic (exact) mass is 382 g/mol. The summed E-state index contributed by atoms with van der Waals surface area (Å²) in [6.07, 6.45) is 1.52. The Kier molecular flexibility index (Phi) is 4.89. The Hall–Kier alpha value is -2.73. The summed E-state index contributed by atoms with van der Waals surface area (Å²) in [4.78, 5) is 15.4. The number of carbonyl (C=O) groups is 1. The molecule has 5 nitrogen and oxygen atoms in total. The number of rotatable bonds is 2. The normalized spacial score (nSPS) is 26.1. The van der Waals surface area contributed by atoms with E-state index < -0.39 is 5.60 Å². The molecule has 2 aromatic carbocycles. The molecule has 0 radical (unpaired) electrons. The molecular formula is C22H23FN2O3. The molecule has 2 atom stereocenters. The van der Waals surface area contributed by atoms with E-state index in [4.69, 9.17) is 4.74 Å². The van der Waals surface area contributed by atoms with Crippen LogP contribution < -0.4 is 0 Å². The zero-order chi connectivity index (χ0) is 19.7. The maximum atomic E-state index is 13.6. The number of benzene rings is 2. The van der Waals surface area contributed by atoms with Gasteiger partial charge in [-0.2, -0.15) is 0 Å². The highest BCUT2D eigenvalue weighted by Crippen LogP contribution is 2.38. The third-order valence-electron chi connectivity index (χ3n) is 5.68. The molecule has 1 saturated heterocycles. The Morgan fingerprint density at radius 1 is 1.21 bits per heavy atom. The van der Waals surface area contributed by atoms with Crippen LogP contribution in [0.3, 0.4) is 0 Å². The Morgan fingerprint density at radius 2 is 1.96 bits per heavy atom. The van der Waals surface area contributed by atoms with E-state index >= 15 is 0 Å². The first-order chi connectivity index (χ1) is 13.5. The third-order valence-corrected chi connectivity index (χ3v) is 5.68. The molecule has 1 N–H and O–H groups in total. The van der Waals surface area contributed by atoms with Crippen LogP contribution in [0.5, 0.6) is 0 Å². The Labute approximate surface area is 163 Å². The molecule has 0 saturated carbocycles. The molecule has 0 spiro atoms. The van der Waals surface area contributed by atoms with Gasteiger partial charge in [0.2, 0.25) is 0 Å². The van der Waals surface area contributed by atoms with E-state index in [-0.39, 0.29) is 24.2 Å². The number of oxime groups is 1. The van der Waals surface area contributed by atoms with Crippen molar-refractivity contribution < 1.29 is 19.1 Å². The van der Waals surface area contributed by atoms with E-state index in [1.54, 1.807) is 19.1 Å². The molecule has 4 rings (SSSR count). The van der Waals surface area contributed by atoms with Crippen molar-refractivity contribution in [1.29, 1.82) is 0 Å². The number of ether oxygens (including phenoxy) is 1. The molecule has 2 aromatic rings. The van der Waals surface area contributed by atoms with Crippen LogP contribution in [0, 0.1) is 5.82 Å². The van der Waals surface area contributed by atoms with E-state index in [2.05, 4.69) is 11.2 Å². The molecule has 28 heavy (non-hydrogen) atoms. The van der Waals surface area contributed by atoms with Crippen LogP contribution in [-0.2, 0) is 16.0 Å². The number of nitrogens with zero attached hydrogens (tertiary/aromatic N) is 2. The van der Waals surface area contributed by atoms with Crippen molar-refractivity contribution in [3.8, 4) is 0 Å². The molecule has 0 unspecified atom stereocenters. The van der Waals surface area contributed by atoms with E-state index in [0.717, 1.165) is 17.5 Å². The van der Waals surface area contributed by atoms with Crippen molar-refractivity contribution in [3.63, 3.8) is 0 Å². The van der Waals surface area contributed by atoms with Crippen LogP contribution in [0.25, 0.3) is 0 Å². The smallest absolute Gasteiger partial charge is 0.255 e. The molecule has 0 aromatic heterocycles. The minimum absolute atomic E-state index is 0.142. The summed E-state index contributed by atoms with van der Waals surface area (Å²) in [5.41, 5.74) is 2.58. The summed E-state index contributed by atoms with van der Waals surface area (Å²) in [6, 6.07) is 14.0. The van der Waals surface area contributed by atoms with Gasteiger partial charge in [0.05, 0.1) is 18.4 Å². The van der Waals surface area contributed by atoms with Gasteiger partial charge in [0.15, 0.2) is 0 Å². The lowest BCUT2D eigenvalue weighted by Crippen LogP contribution is -2.54. The van der Waals surface area contributed by atoms with E-state index in [1.165, 1.54) is 17.7 Å². The number of fused-ring (bicyclic) bond motifs is 1. The van der Waals surface area contributed by atoms with E-state index in [1.807, 2.05) is 23.1 Å². The summed E-state index contributed by atoms with van der Waals surface area (Å²) in [5, 5.41) is 12.5. The van der Waals surface area contributed by atoms with Crippen molar-refractivity contribution in [1.82, 2.24) is 4.90 Å². The molecule has 2 heterocycles. The van der Waals surface area contributed by atoms with Crippen molar-refractivity contribution in [2.45, 2.75) is 37.8 Å². The van der Waals surface area contributed by atoms with Gasteiger partial charge in [-0.15, -0.1) is 0 Å². The van der Waals surface area contributed by atoms with Crippen molar-refractivity contribution in [2.75, 3.05) is 13.2 Å². The number of amides is 1. The van der Waals surface area contributed by atoms with Gasteiger partial charge >= 0.3 is 0 Å². The zero-order valence-electron chi connectivity index (χ0n) is 15.8. The van der Waals surface area contributed by atoms with Gasteiger partial charge in [-0.1, -0.05) is 41.6 Å². The maximum Gasteiger partial charge on any atom is 0.255 e. The molecule has 6 heteroatoms. The van der Waals surface area contributed by atoms with Gasteiger partial charge in [0.1, 0.15) is 11.4 Å². The highest BCUT2D eigenvalue weighted by atomic mass is 19.1. The average Bonchev–Trinajstić information content (AvgIpc) is 2.73. The minimum Gasteiger partial charge on any atom is -0.411 e. The lowest BCUT2D eigenvalue weighted by Gasteiger charge is -2.43. The number of carbonyl (C=O) groups excluding carboxylic acids is 1. The number of hydrogen-bond acceptors (Lipinski definition) is 4. The number of hydrogen-bond donors (Lipinski definition) is 1. The molecule has 0 bridgehead atoms. The van der Waals surface area contributed by atoms with E-state index in [9.17, 15) is 14.4 Å². The SMILES string of the molecule is C[C@]1(C(=O)N2CCc3ccccc3[C@@H]2c2ccc(F)cc2)CC(=NO)CCO1. The van der Waals surface area contributed by atoms with Crippen LogP contribution in [0.15, 0.2) is 53.7 Å². The van der Waals surface area contributed by atoms with Crippen LogP contribution in [0.4, 0.5) is 4.39 Å². The maximum absolute atomic E-state index is 13.6. The lowest BCUT2D eigenvalue weighted by molar-refractivity contribution is -0.159. The first-order valence-electron chi connectivity index (χ1n) is 9.50. The van der Waals surface area contributed by atoms with Gasteiger partial charge in [0, 0.05) is 19.4 Å². The fraction of sp³-hybridized carbons (Fsp3) is 0.364. The van der Waals surface area contributed by atoms with Crippen LogP contribution in [0.1, 0.15) is 42.5 Å². The molecule has 2 aliphatic heterocycles. The van der Waals surface area contributed by atoms with Gasteiger partial charge in [-0.3, -0.25) is 4.79 Å². The second kappa shape index (κ2) is 7.36. The predicted molar refractivity (Wildman–Crippen MR) is 103 cm³/mol. The first-order valence-corrected chi connectivity index (χ1v) is 9.50. The van der Waals surface area contributed by atoms with Crippen molar-refractivity contribution in [3.05, 3.63) is 71.0 Å². The fourth-order valence-corrected chi connectivity index (χ4v) is 4.24. The summed E-state index contributed by atoms with van der Waals surface area (Å²) in [6.45, 7) is 2.64. The molecule has 146 valence electrons. The van der Waals surface area contributed by atoms with Crippen LogP contribution in [-0.4, -0.2) is 40.5 Å².